The van der Waals surface area contributed by atoms with Crippen LogP contribution in [0.25, 0.3) is 22.4 Å². The molecule has 3 aromatic rings. The maximum atomic E-state index is 13.8. The first-order valence-electron chi connectivity index (χ1n) is 8.66. The molecule has 0 bridgehead atoms. The number of ether oxygens (including phenoxy) is 1. The summed E-state index contributed by atoms with van der Waals surface area (Å²) in [6.45, 7) is 7.63. The summed E-state index contributed by atoms with van der Waals surface area (Å²) in [4.78, 5) is 9.14. The Morgan fingerprint density at radius 1 is 1.04 bits per heavy atom. The lowest BCUT2D eigenvalue weighted by molar-refractivity contribution is 0.387. The van der Waals surface area contributed by atoms with Gasteiger partial charge in [-0.2, -0.15) is 0 Å². The number of aromatic nitrogens is 2. The average Bonchev–Trinajstić information content (AvgIpc) is 2.70. The van der Waals surface area contributed by atoms with E-state index >= 15 is 0 Å². The Morgan fingerprint density at radius 2 is 1.85 bits per heavy atom. The third-order valence-corrected chi connectivity index (χ3v) is 4.31. The van der Waals surface area contributed by atoms with Gasteiger partial charge < -0.3 is 4.74 Å². The van der Waals surface area contributed by atoms with Crippen LogP contribution in [-0.2, 0) is 12.8 Å². The maximum Gasteiger partial charge on any atom is 0.165 e. The smallest absolute Gasteiger partial charge is 0.165 e. The molecule has 0 N–H and O–H groups in total. The first-order chi connectivity index (χ1) is 13.2. The second kappa shape index (κ2) is 8.41. The minimum Gasteiger partial charge on any atom is -0.494 e. The molecule has 0 aliphatic heterocycles. The first kappa shape index (κ1) is 18.5. The monoisotopic (exact) mass is 360 g/mol. The third kappa shape index (κ3) is 3.95. The van der Waals surface area contributed by atoms with Gasteiger partial charge in [0.15, 0.2) is 11.6 Å². The number of methoxy groups -OCH3 is 1. The molecule has 3 nitrogen and oxygen atoms in total. The van der Waals surface area contributed by atoms with E-state index in [0.717, 1.165) is 40.1 Å². The van der Waals surface area contributed by atoms with Crippen molar-refractivity contribution < 1.29 is 9.13 Å². The molecular weight excluding hydrogens is 339 g/mol. The summed E-state index contributed by atoms with van der Waals surface area (Å²) in [5.74, 6) is -0.210. The van der Waals surface area contributed by atoms with Crippen LogP contribution < -0.4 is 4.74 Å². The Morgan fingerprint density at radius 3 is 2.59 bits per heavy atom. The Bertz CT molecular complexity index is 982. The Hall–Kier alpha value is -3.27. The molecule has 2 heterocycles. The largest absolute Gasteiger partial charge is 0.494 e. The molecule has 2 aromatic heterocycles. The lowest BCUT2D eigenvalue weighted by Gasteiger charge is -2.13. The topological polar surface area (TPSA) is 35.0 Å². The van der Waals surface area contributed by atoms with Gasteiger partial charge in [0.2, 0.25) is 0 Å². The quantitative estimate of drug-likeness (QED) is 0.528. The van der Waals surface area contributed by atoms with Gasteiger partial charge in [0.05, 0.1) is 12.8 Å². The van der Waals surface area contributed by atoms with Crippen LogP contribution in [0.5, 0.6) is 5.75 Å². The summed E-state index contributed by atoms with van der Waals surface area (Å²) in [5.41, 5.74) is 5.50. The highest BCUT2D eigenvalue weighted by atomic mass is 19.1. The summed E-state index contributed by atoms with van der Waals surface area (Å²) in [7, 11) is 1.45. The highest BCUT2D eigenvalue weighted by Gasteiger charge is 2.13. The summed E-state index contributed by atoms with van der Waals surface area (Å²) >= 11 is 0. The van der Waals surface area contributed by atoms with E-state index in [2.05, 4.69) is 29.2 Å². The zero-order valence-corrected chi connectivity index (χ0v) is 15.3. The van der Waals surface area contributed by atoms with Crippen molar-refractivity contribution >= 4 is 0 Å². The number of nitrogens with zero attached hydrogens (tertiary/aromatic N) is 2. The van der Waals surface area contributed by atoms with Crippen molar-refractivity contribution in [2.45, 2.75) is 12.8 Å². The summed E-state index contributed by atoms with van der Waals surface area (Å²) < 4.78 is 18.9. The van der Waals surface area contributed by atoms with Crippen LogP contribution in [0.1, 0.15) is 11.3 Å². The number of pyridine rings is 2. The highest BCUT2D eigenvalue weighted by Crippen LogP contribution is 2.33. The molecule has 1 aromatic carbocycles. The van der Waals surface area contributed by atoms with Gasteiger partial charge in [0.1, 0.15) is 0 Å². The molecule has 0 aliphatic carbocycles. The summed E-state index contributed by atoms with van der Waals surface area (Å²) in [6.07, 6.45) is 8.70. The van der Waals surface area contributed by atoms with Gasteiger partial charge in [-0.3, -0.25) is 9.97 Å². The molecule has 3 rings (SSSR count). The van der Waals surface area contributed by atoms with Crippen LogP contribution in [0.4, 0.5) is 4.39 Å². The lowest BCUT2D eigenvalue weighted by atomic mass is 9.97. The average molecular weight is 360 g/mol. The predicted octanol–water partition coefficient (Wildman–Crippen LogP) is 5.42. The molecule has 0 aliphatic rings. The van der Waals surface area contributed by atoms with Gasteiger partial charge in [-0.1, -0.05) is 18.2 Å². The van der Waals surface area contributed by atoms with Crippen LogP contribution >= 0.6 is 0 Å². The molecule has 4 heteroatoms. The van der Waals surface area contributed by atoms with Crippen molar-refractivity contribution in [3.63, 3.8) is 0 Å². The Kier molecular flexibility index (Phi) is 5.77. The van der Waals surface area contributed by atoms with Gasteiger partial charge in [0, 0.05) is 41.2 Å². The first-order valence-corrected chi connectivity index (χ1v) is 8.66. The molecule has 0 unspecified atom stereocenters. The van der Waals surface area contributed by atoms with Crippen molar-refractivity contribution in [1.29, 1.82) is 0 Å². The zero-order valence-electron chi connectivity index (χ0n) is 15.3. The lowest BCUT2D eigenvalue weighted by Crippen LogP contribution is -1.98. The Balaban J connectivity index is 2.12. The van der Waals surface area contributed by atoms with E-state index < -0.39 is 5.82 Å². The van der Waals surface area contributed by atoms with Crippen molar-refractivity contribution in [2.24, 2.45) is 0 Å². The number of hydrogen-bond donors (Lipinski definition) is 0. The van der Waals surface area contributed by atoms with E-state index in [1.54, 1.807) is 18.3 Å². The standard InChI is InChI=1S/C23H21FN2O/c1-4-7-16-13-18(15-26-21(16)8-5-2)19-9-6-12-25-23(19)17-10-11-20(24)22(14-17)27-3/h4-6,9-15H,1-2,7-8H2,3H3. The molecule has 0 radical (unpaired) electrons. The summed E-state index contributed by atoms with van der Waals surface area (Å²) in [6, 6.07) is 10.7. The molecule has 27 heavy (non-hydrogen) atoms. The second-order valence-electron chi connectivity index (χ2n) is 6.06. The molecule has 0 amide bonds. The van der Waals surface area contributed by atoms with Crippen molar-refractivity contribution in [3.8, 4) is 28.1 Å². The number of allylic oxidation sites excluding steroid dienone is 2. The van der Waals surface area contributed by atoms with Crippen LogP contribution in [0.15, 0.2) is 74.1 Å². The van der Waals surface area contributed by atoms with E-state index in [4.69, 9.17) is 4.74 Å². The minimum atomic E-state index is -0.401. The van der Waals surface area contributed by atoms with E-state index in [1.807, 2.05) is 30.5 Å². The number of rotatable bonds is 7. The molecule has 136 valence electrons. The minimum absolute atomic E-state index is 0.191. The summed E-state index contributed by atoms with van der Waals surface area (Å²) in [5, 5.41) is 0. The fraction of sp³-hybridized carbons (Fsp3) is 0.130. The third-order valence-electron chi connectivity index (χ3n) is 4.31. The fourth-order valence-electron chi connectivity index (χ4n) is 3.01. The van der Waals surface area contributed by atoms with E-state index in [1.165, 1.54) is 13.2 Å². The van der Waals surface area contributed by atoms with Gasteiger partial charge in [-0.25, -0.2) is 4.39 Å². The fourth-order valence-corrected chi connectivity index (χ4v) is 3.01. The molecule has 0 spiro atoms. The van der Waals surface area contributed by atoms with Crippen LogP contribution in [0.2, 0.25) is 0 Å². The van der Waals surface area contributed by atoms with Crippen molar-refractivity contribution in [3.05, 3.63) is 91.2 Å². The van der Waals surface area contributed by atoms with E-state index in [0.29, 0.717) is 6.42 Å². The highest BCUT2D eigenvalue weighted by molar-refractivity contribution is 5.81. The SMILES string of the molecule is C=CCc1cc(-c2cccnc2-c2ccc(F)c(OC)c2)cnc1CC=C. The van der Waals surface area contributed by atoms with Crippen molar-refractivity contribution in [2.75, 3.05) is 7.11 Å². The number of halogens is 1. The maximum absolute atomic E-state index is 13.8. The molecule has 0 saturated carbocycles. The van der Waals surface area contributed by atoms with Gasteiger partial charge in [-0.05, 0) is 42.3 Å². The van der Waals surface area contributed by atoms with E-state index in [9.17, 15) is 4.39 Å². The van der Waals surface area contributed by atoms with Gasteiger partial charge in [0.25, 0.3) is 0 Å². The van der Waals surface area contributed by atoms with Crippen LogP contribution in [-0.4, -0.2) is 17.1 Å². The predicted molar refractivity (Wildman–Crippen MR) is 107 cm³/mol. The van der Waals surface area contributed by atoms with E-state index in [-0.39, 0.29) is 5.75 Å². The molecule has 0 atom stereocenters. The van der Waals surface area contributed by atoms with Crippen molar-refractivity contribution in [1.82, 2.24) is 9.97 Å². The molecule has 0 fully saturated rings. The normalized spacial score (nSPS) is 10.4. The number of benzene rings is 1. The number of hydrogen-bond acceptors (Lipinski definition) is 3. The van der Waals surface area contributed by atoms with Gasteiger partial charge in [-0.15, -0.1) is 13.2 Å². The molecule has 0 saturated heterocycles. The van der Waals surface area contributed by atoms with Gasteiger partial charge >= 0.3 is 0 Å². The zero-order chi connectivity index (χ0) is 19.2. The van der Waals surface area contributed by atoms with Crippen LogP contribution in [0.3, 0.4) is 0 Å². The second-order valence-corrected chi connectivity index (χ2v) is 6.06. The van der Waals surface area contributed by atoms with Crippen LogP contribution in [0, 0.1) is 5.82 Å². The molecular formula is C23H21FN2O. The Labute approximate surface area is 158 Å².